The largest absolute Gasteiger partial charge is 0.452 e. The van der Waals surface area contributed by atoms with Gasteiger partial charge in [-0.15, -0.1) is 0 Å². The minimum absolute atomic E-state index is 0.146. The van der Waals surface area contributed by atoms with E-state index in [1.807, 2.05) is 0 Å². The molecule has 0 amide bonds. The summed E-state index contributed by atoms with van der Waals surface area (Å²) in [6.07, 6.45) is 1.50. The minimum atomic E-state index is -0.146. The van der Waals surface area contributed by atoms with Crippen molar-refractivity contribution in [1.29, 1.82) is 0 Å². The molecule has 0 aliphatic rings. The number of benzene rings is 1. The van der Waals surface area contributed by atoms with Crippen LogP contribution in [-0.2, 0) is 7.05 Å². The summed E-state index contributed by atoms with van der Waals surface area (Å²) in [4.78, 5) is 16.2. The molecule has 19 heavy (non-hydrogen) atoms. The molecule has 3 rings (SSSR count). The Labute approximate surface area is 118 Å². The van der Waals surface area contributed by atoms with E-state index in [9.17, 15) is 4.79 Å². The Hall–Kier alpha value is -1.78. The Morgan fingerprint density at radius 3 is 2.74 bits per heavy atom. The Kier molecular flexibility index (Phi) is 2.84. The Morgan fingerprint density at radius 1 is 1.26 bits per heavy atom. The summed E-state index contributed by atoms with van der Waals surface area (Å²) >= 11 is 11.8. The minimum Gasteiger partial charge on any atom is -0.452 e. The molecule has 96 valence electrons. The summed E-state index contributed by atoms with van der Waals surface area (Å²) in [6.45, 7) is 0. The van der Waals surface area contributed by atoms with E-state index in [0.717, 1.165) is 0 Å². The molecule has 3 aromatic rings. The Balaban J connectivity index is 2.31. The van der Waals surface area contributed by atoms with Crippen LogP contribution in [0.15, 0.2) is 39.7 Å². The van der Waals surface area contributed by atoms with E-state index < -0.39 is 0 Å². The van der Waals surface area contributed by atoms with Crippen LogP contribution in [0.1, 0.15) is 0 Å². The van der Waals surface area contributed by atoms with Crippen LogP contribution in [0.5, 0.6) is 0 Å². The van der Waals surface area contributed by atoms with E-state index in [-0.39, 0.29) is 5.43 Å². The third kappa shape index (κ3) is 2.03. The first kappa shape index (κ1) is 12.3. The summed E-state index contributed by atoms with van der Waals surface area (Å²) < 4.78 is 7.31. The highest BCUT2D eigenvalue weighted by atomic mass is 35.5. The van der Waals surface area contributed by atoms with Crippen molar-refractivity contribution >= 4 is 34.2 Å². The number of halogens is 2. The van der Waals surface area contributed by atoms with Crippen LogP contribution < -0.4 is 5.43 Å². The molecule has 6 heteroatoms. The van der Waals surface area contributed by atoms with Crippen LogP contribution in [0.25, 0.3) is 22.6 Å². The van der Waals surface area contributed by atoms with E-state index >= 15 is 0 Å². The zero-order valence-electron chi connectivity index (χ0n) is 9.85. The van der Waals surface area contributed by atoms with Gasteiger partial charge in [0.1, 0.15) is 10.7 Å². The normalized spacial score (nSPS) is 11.1. The van der Waals surface area contributed by atoms with E-state index in [4.69, 9.17) is 27.6 Å². The van der Waals surface area contributed by atoms with E-state index in [1.165, 1.54) is 12.3 Å². The number of fused-ring (bicyclic) bond motifs is 1. The lowest BCUT2D eigenvalue weighted by atomic mass is 10.2. The van der Waals surface area contributed by atoms with Gasteiger partial charge in [0, 0.05) is 24.2 Å². The first-order valence-corrected chi connectivity index (χ1v) is 6.23. The lowest BCUT2D eigenvalue weighted by molar-refractivity contribution is 0.608. The van der Waals surface area contributed by atoms with Crippen LogP contribution in [0, 0.1) is 0 Å². The predicted octanol–water partition coefficient (Wildman–Crippen LogP) is 3.50. The van der Waals surface area contributed by atoms with Gasteiger partial charge in [0.25, 0.3) is 0 Å². The SMILES string of the molecule is Cn1c(Cl)cnc1-c1cc(=O)c2ccc(Cl)cc2o1. The molecule has 2 aromatic heterocycles. The Morgan fingerprint density at radius 2 is 2.05 bits per heavy atom. The van der Waals surface area contributed by atoms with Crippen molar-refractivity contribution in [3.63, 3.8) is 0 Å². The highest BCUT2D eigenvalue weighted by molar-refractivity contribution is 6.31. The van der Waals surface area contributed by atoms with Crippen LogP contribution >= 0.6 is 23.2 Å². The fraction of sp³-hybridized carbons (Fsp3) is 0.0769. The summed E-state index contributed by atoms with van der Waals surface area (Å²) in [5, 5.41) is 1.45. The predicted molar refractivity (Wildman–Crippen MR) is 74.7 cm³/mol. The number of aromatic nitrogens is 2. The van der Waals surface area contributed by atoms with Gasteiger partial charge in [-0.2, -0.15) is 0 Å². The molecule has 0 fully saturated rings. The van der Waals surface area contributed by atoms with Crippen LogP contribution in [0.2, 0.25) is 10.2 Å². The molecule has 0 aliphatic heterocycles. The smallest absolute Gasteiger partial charge is 0.193 e. The molecule has 0 radical (unpaired) electrons. The highest BCUT2D eigenvalue weighted by Crippen LogP contribution is 2.24. The van der Waals surface area contributed by atoms with Crippen molar-refractivity contribution in [2.45, 2.75) is 0 Å². The first-order chi connectivity index (χ1) is 9.06. The monoisotopic (exact) mass is 294 g/mol. The molecule has 0 spiro atoms. The molecule has 0 unspecified atom stereocenters. The average molecular weight is 295 g/mol. The molecule has 0 bridgehead atoms. The maximum atomic E-state index is 12.0. The number of imidazole rings is 1. The number of hydrogen-bond donors (Lipinski definition) is 0. The second-order valence-electron chi connectivity index (χ2n) is 4.08. The van der Waals surface area contributed by atoms with Gasteiger partial charge in [0.2, 0.25) is 0 Å². The quantitative estimate of drug-likeness (QED) is 0.690. The second kappa shape index (κ2) is 4.40. The molecule has 0 atom stereocenters. The van der Waals surface area contributed by atoms with Crippen molar-refractivity contribution in [2.24, 2.45) is 7.05 Å². The van der Waals surface area contributed by atoms with Gasteiger partial charge in [0.05, 0.1) is 11.6 Å². The first-order valence-electron chi connectivity index (χ1n) is 5.47. The van der Waals surface area contributed by atoms with E-state index in [1.54, 1.807) is 29.8 Å². The van der Waals surface area contributed by atoms with Gasteiger partial charge in [-0.1, -0.05) is 23.2 Å². The Bertz CT molecular complexity index is 836. The van der Waals surface area contributed by atoms with Gasteiger partial charge in [-0.25, -0.2) is 4.98 Å². The molecule has 0 saturated carbocycles. The van der Waals surface area contributed by atoms with Crippen LogP contribution in [-0.4, -0.2) is 9.55 Å². The zero-order valence-corrected chi connectivity index (χ0v) is 11.4. The molecule has 0 saturated heterocycles. The average Bonchev–Trinajstić information content (AvgIpc) is 2.69. The molecule has 4 nitrogen and oxygen atoms in total. The molecular weight excluding hydrogens is 287 g/mol. The lowest BCUT2D eigenvalue weighted by Crippen LogP contribution is -2.02. The number of hydrogen-bond acceptors (Lipinski definition) is 3. The molecule has 0 N–H and O–H groups in total. The summed E-state index contributed by atoms with van der Waals surface area (Å²) in [5.74, 6) is 0.846. The highest BCUT2D eigenvalue weighted by Gasteiger charge is 2.12. The van der Waals surface area contributed by atoms with E-state index in [2.05, 4.69) is 4.98 Å². The van der Waals surface area contributed by atoms with Gasteiger partial charge in [-0.05, 0) is 12.1 Å². The molecule has 0 aliphatic carbocycles. The van der Waals surface area contributed by atoms with Crippen LogP contribution in [0.3, 0.4) is 0 Å². The van der Waals surface area contributed by atoms with Gasteiger partial charge in [-0.3, -0.25) is 4.79 Å². The van der Waals surface area contributed by atoms with Crippen molar-refractivity contribution in [3.05, 3.63) is 50.9 Å². The molecule has 2 heterocycles. The molecular formula is C13H8Cl2N2O2. The maximum Gasteiger partial charge on any atom is 0.193 e. The third-order valence-corrected chi connectivity index (χ3v) is 3.43. The fourth-order valence-corrected chi connectivity index (χ4v) is 2.15. The van der Waals surface area contributed by atoms with Gasteiger partial charge < -0.3 is 8.98 Å². The number of nitrogens with zero attached hydrogens (tertiary/aromatic N) is 2. The third-order valence-electron chi connectivity index (χ3n) is 2.84. The number of rotatable bonds is 1. The lowest BCUT2D eigenvalue weighted by Gasteiger charge is -2.03. The van der Waals surface area contributed by atoms with Gasteiger partial charge >= 0.3 is 0 Å². The van der Waals surface area contributed by atoms with Crippen molar-refractivity contribution < 1.29 is 4.42 Å². The maximum absolute atomic E-state index is 12.0. The zero-order chi connectivity index (χ0) is 13.6. The topological polar surface area (TPSA) is 48.0 Å². The van der Waals surface area contributed by atoms with E-state index in [0.29, 0.717) is 32.7 Å². The summed E-state index contributed by atoms with van der Waals surface area (Å²) in [7, 11) is 1.74. The summed E-state index contributed by atoms with van der Waals surface area (Å²) in [5.41, 5.74) is 0.279. The summed E-state index contributed by atoms with van der Waals surface area (Å²) in [6, 6.07) is 6.29. The van der Waals surface area contributed by atoms with Crippen molar-refractivity contribution in [3.8, 4) is 11.6 Å². The fourth-order valence-electron chi connectivity index (χ4n) is 1.86. The van der Waals surface area contributed by atoms with Crippen molar-refractivity contribution in [2.75, 3.05) is 0 Å². The standard InChI is InChI=1S/C13H8Cl2N2O2/c1-17-12(15)6-16-13(17)11-5-9(18)8-3-2-7(14)4-10(8)19-11/h2-6H,1H3. The van der Waals surface area contributed by atoms with Gasteiger partial charge in [0.15, 0.2) is 17.0 Å². The molecule has 1 aromatic carbocycles. The van der Waals surface area contributed by atoms with Crippen LogP contribution in [0.4, 0.5) is 0 Å². The van der Waals surface area contributed by atoms with Crippen molar-refractivity contribution in [1.82, 2.24) is 9.55 Å². The second-order valence-corrected chi connectivity index (χ2v) is 4.90.